The SMILES string of the molecule is N#Cc1cc(Br)ccc1N1CCNCC1c1ccc(Cl)cc1. The van der Waals surface area contributed by atoms with Crippen LogP contribution in [-0.4, -0.2) is 19.6 Å². The Hall–Kier alpha value is -1.54. The van der Waals surface area contributed by atoms with E-state index in [4.69, 9.17) is 11.6 Å². The van der Waals surface area contributed by atoms with Crippen molar-refractivity contribution in [2.45, 2.75) is 6.04 Å². The van der Waals surface area contributed by atoms with Gasteiger partial charge in [0.25, 0.3) is 0 Å². The van der Waals surface area contributed by atoms with Gasteiger partial charge in [-0.2, -0.15) is 5.26 Å². The number of hydrogen-bond acceptors (Lipinski definition) is 3. The Kier molecular flexibility index (Phi) is 4.68. The molecule has 22 heavy (non-hydrogen) atoms. The van der Waals surface area contributed by atoms with Gasteiger partial charge in [-0.3, -0.25) is 0 Å². The fourth-order valence-corrected chi connectivity index (χ4v) is 3.31. The Bertz CT molecular complexity index is 709. The highest BCUT2D eigenvalue weighted by Crippen LogP contribution is 2.32. The van der Waals surface area contributed by atoms with Crippen molar-refractivity contribution >= 4 is 33.2 Å². The summed E-state index contributed by atoms with van der Waals surface area (Å²) in [6, 6.07) is 16.3. The lowest BCUT2D eigenvalue weighted by molar-refractivity contribution is 0.489. The standard InChI is InChI=1S/C17H15BrClN3/c18-14-3-6-16(13(9-14)10-20)22-8-7-21-11-17(22)12-1-4-15(19)5-2-12/h1-6,9,17,21H,7-8,11H2. The van der Waals surface area contributed by atoms with Gasteiger partial charge < -0.3 is 10.2 Å². The molecule has 0 radical (unpaired) electrons. The van der Waals surface area contributed by atoms with Crippen molar-refractivity contribution in [3.05, 3.63) is 63.1 Å². The summed E-state index contributed by atoms with van der Waals surface area (Å²) in [4.78, 5) is 2.30. The van der Waals surface area contributed by atoms with Gasteiger partial charge in [0.1, 0.15) is 6.07 Å². The van der Waals surface area contributed by atoms with E-state index in [9.17, 15) is 5.26 Å². The number of rotatable bonds is 2. The molecule has 3 rings (SSSR count). The first-order chi connectivity index (χ1) is 10.7. The van der Waals surface area contributed by atoms with E-state index < -0.39 is 0 Å². The monoisotopic (exact) mass is 375 g/mol. The van der Waals surface area contributed by atoms with Crippen molar-refractivity contribution < 1.29 is 0 Å². The van der Waals surface area contributed by atoms with Gasteiger partial charge in [-0.05, 0) is 35.9 Å². The van der Waals surface area contributed by atoms with Gasteiger partial charge in [-0.25, -0.2) is 0 Å². The minimum atomic E-state index is 0.194. The molecule has 1 unspecified atom stereocenters. The number of anilines is 1. The number of piperazine rings is 1. The molecule has 1 heterocycles. The molecule has 1 aliphatic heterocycles. The highest BCUT2D eigenvalue weighted by molar-refractivity contribution is 9.10. The molecule has 1 saturated heterocycles. The second-order valence-corrected chi connectivity index (χ2v) is 6.59. The molecular formula is C17H15BrClN3. The predicted octanol–water partition coefficient (Wildman–Crippen LogP) is 4.13. The maximum Gasteiger partial charge on any atom is 0.101 e. The Morgan fingerprint density at radius 2 is 2.00 bits per heavy atom. The maximum absolute atomic E-state index is 9.44. The first-order valence-corrected chi connectivity index (χ1v) is 8.28. The van der Waals surface area contributed by atoms with E-state index in [0.717, 1.165) is 34.8 Å². The molecule has 3 nitrogen and oxygen atoms in total. The van der Waals surface area contributed by atoms with Gasteiger partial charge in [-0.1, -0.05) is 39.7 Å². The molecular weight excluding hydrogens is 362 g/mol. The van der Waals surface area contributed by atoms with Crippen LogP contribution in [0.15, 0.2) is 46.9 Å². The molecule has 0 amide bonds. The molecule has 1 fully saturated rings. The van der Waals surface area contributed by atoms with Crippen molar-refractivity contribution in [2.75, 3.05) is 24.5 Å². The fraction of sp³-hybridized carbons (Fsp3) is 0.235. The summed E-state index contributed by atoms with van der Waals surface area (Å²) in [6.45, 7) is 2.62. The smallest absolute Gasteiger partial charge is 0.101 e. The van der Waals surface area contributed by atoms with Gasteiger partial charge in [0.05, 0.1) is 17.3 Å². The molecule has 5 heteroatoms. The molecule has 0 aromatic heterocycles. The number of halogens is 2. The van der Waals surface area contributed by atoms with Crippen molar-refractivity contribution in [3.8, 4) is 6.07 Å². The van der Waals surface area contributed by atoms with Crippen LogP contribution >= 0.6 is 27.5 Å². The Morgan fingerprint density at radius 3 is 2.73 bits per heavy atom. The normalized spacial score (nSPS) is 18.0. The molecule has 1 N–H and O–H groups in total. The van der Waals surface area contributed by atoms with Gasteiger partial charge in [0, 0.05) is 29.1 Å². The van der Waals surface area contributed by atoms with Crippen LogP contribution in [0.2, 0.25) is 5.02 Å². The minimum absolute atomic E-state index is 0.194. The molecule has 112 valence electrons. The molecule has 1 atom stereocenters. The molecule has 0 spiro atoms. The third-order valence-corrected chi connectivity index (χ3v) is 4.63. The van der Waals surface area contributed by atoms with Crippen molar-refractivity contribution in [1.29, 1.82) is 5.26 Å². The summed E-state index contributed by atoms with van der Waals surface area (Å²) < 4.78 is 0.922. The van der Waals surface area contributed by atoms with Crippen LogP contribution in [0.4, 0.5) is 5.69 Å². The third-order valence-electron chi connectivity index (χ3n) is 3.89. The quantitative estimate of drug-likeness (QED) is 0.857. The maximum atomic E-state index is 9.44. The summed E-state index contributed by atoms with van der Waals surface area (Å²) >= 11 is 9.42. The predicted molar refractivity (Wildman–Crippen MR) is 93.3 cm³/mol. The van der Waals surface area contributed by atoms with Crippen LogP contribution in [0.25, 0.3) is 0 Å². The average Bonchev–Trinajstić information content (AvgIpc) is 2.55. The van der Waals surface area contributed by atoms with Crippen LogP contribution in [0, 0.1) is 11.3 Å². The van der Waals surface area contributed by atoms with E-state index in [2.05, 4.69) is 44.3 Å². The molecule has 0 bridgehead atoms. The molecule has 2 aromatic carbocycles. The summed E-state index contributed by atoms with van der Waals surface area (Å²) in [7, 11) is 0. The number of benzene rings is 2. The number of hydrogen-bond donors (Lipinski definition) is 1. The molecule has 0 aliphatic carbocycles. The van der Waals surface area contributed by atoms with Gasteiger partial charge in [-0.15, -0.1) is 0 Å². The second-order valence-electron chi connectivity index (χ2n) is 5.24. The van der Waals surface area contributed by atoms with E-state index in [1.807, 2.05) is 30.3 Å². The van der Waals surface area contributed by atoms with E-state index in [1.54, 1.807) is 0 Å². The highest BCUT2D eigenvalue weighted by atomic mass is 79.9. The van der Waals surface area contributed by atoms with E-state index >= 15 is 0 Å². The summed E-state index contributed by atoms with van der Waals surface area (Å²) in [6.07, 6.45) is 0. The van der Waals surface area contributed by atoms with E-state index in [-0.39, 0.29) is 6.04 Å². The lowest BCUT2D eigenvalue weighted by Gasteiger charge is -2.38. The molecule has 2 aromatic rings. The zero-order chi connectivity index (χ0) is 15.5. The van der Waals surface area contributed by atoms with Crippen molar-refractivity contribution in [1.82, 2.24) is 5.32 Å². The van der Waals surface area contributed by atoms with Crippen LogP contribution in [0.5, 0.6) is 0 Å². The average molecular weight is 377 g/mol. The van der Waals surface area contributed by atoms with Crippen LogP contribution in [0.3, 0.4) is 0 Å². The van der Waals surface area contributed by atoms with Crippen molar-refractivity contribution in [3.63, 3.8) is 0 Å². The lowest BCUT2D eigenvalue weighted by atomic mass is 10.0. The van der Waals surface area contributed by atoms with Gasteiger partial charge >= 0.3 is 0 Å². The van der Waals surface area contributed by atoms with Crippen LogP contribution in [-0.2, 0) is 0 Å². The Balaban J connectivity index is 2.00. The van der Waals surface area contributed by atoms with E-state index in [1.165, 1.54) is 5.56 Å². The Labute approximate surface area is 143 Å². The Morgan fingerprint density at radius 1 is 1.23 bits per heavy atom. The second kappa shape index (κ2) is 6.70. The summed E-state index contributed by atoms with van der Waals surface area (Å²) in [5, 5.41) is 13.6. The molecule has 1 aliphatic rings. The van der Waals surface area contributed by atoms with Crippen LogP contribution < -0.4 is 10.2 Å². The summed E-state index contributed by atoms with van der Waals surface area (Å²) in [5.74, 6) is 0. The highest BCUT2D eigenvalue weighted by Gasteiger charge is 2.25. The number of nitrogens with zero attached hydrogens (tertiary/aromatic N) is 2. The largest absolute Gasteiger partial charge is 0.361 e. The third kappa shape index (κ3) is 3.12. The summed E-state index contributed by atoms with van der Waals surface area (Å²) in [5.41, 5.74) is 2.87. The zero-order valence-corrected chi connectivity index (χ0v) is 14.2. The molecule has 0 saturated carbocycles. The van der Waals surface area contributed by atoms with Crippen molar-refractivity contribution in [2.24, 2.45) is 0 Å². The minimum Gasteiger partial charge on any atom is -0.361 e. The number of nitrogens with one attached hydrogen (secondary N) is 1. The van der Waals surface area contributed by atoms with Crippen LogP contribution in [0.1, 0.15) is 17.2 Å². The lowest BCUT2D eigenvalue weighted by Crippen LogP contribution is -2.46. The fourth-order valence-electron chi connectivity index (χ4n) is 2.82. The topological polar surface area (TPSA) is 39.1 Å². The first kappa shape index (κ1) is 15.4. The van der Waals surface area contributed by atoms with Gasteiger partial charge in [0.2, 0.25) is 0 Å². The first-order valence-electron chi connectivity index (χ1n) is 7.11. The van der Waals surface area contributed by atoms with Gasteiger partial charge in [0.15, 0.2) is 0 Å². The number of nitriles is 1. The zero-order valence-electron chi connectivity index (χ0n) is 11.9. The van der Waals surface area contributed by atoms with E-state index in [0.29, 0.717) is 5.56 Å².